The minimum absolute atomic E-state index is 0.131. The molecule has 0 spiro atoms. The number of carbonyl (C=O) groups is 2. The Kier molecular flexibility index (Phi) is 7.37. The molecule has 0 radical (unpaired) electrons. The van der Waals surface area contributed by atoms with Crippen molar-refractivity contribution in [2.45, 2.75) is 6.54 Å². The molecule has 0 unspecified atom stereocenters. The summed E-state index contributed by atoms with van der Waals surface area (Å²) in [6.45, 7) is 1.29. The first-order chi connectivity index (χ1) is 17.0. The number of fused-ring (bicyclic) bond motifs is 1. The van der Waals surface area contributed by atoms with E-state index in [-0.39, 0.29) is 17.3 Å². The summed E-state index contributed by atoms with van der Waals surface area (Å²) in [5.41, 5.74) is 2.09. The van der Waals surface area contributed by atoms with Crippen LogP contribution in [0.25, 0.3) is 10.9 Å². The van der Waals surface area contributed by atoms with Crippen LogP contribution in [-0.4, -0.2) is 60.9 Å². The SMILES string of the molecule is COCCOc1cc2ncnc(NC3=CC(=O)C(N(C)Cc4ccccc4)=CC3=O)c2cc1OC. The molecular weight excluding hydrogens is 448 g/mol. The molecule has 180 valence electrons. The highest BCUT2D eigenvalue weighted by Gasteiger charge is 2.24. The second-order valence-electron chi connectivity index (χ2n) is 7.87. The van der Waals surface area contributed by atoms with Crippen LogP contribution in [0.2, 0.25) is 0 Å². The Morgan fingerprint density at radius 1 is 0.943 bits per heavy atom. The highest BCUT2D eigenvalue weighted by Crippen LogP contribution is 2.34. The van der Waals surface area contributed by atoms with E-state index in [9.17, 15) is 9.59 Å². The summed E-state index contributed by atoms with van der Waals surface area (Å²) >= 11 is 0. The zero-order chi connectivity index (χ0) is 24.8. The molecule has 0 saturated carbocycles. The molecule has 0 fully saturated rings. The molecule has 3 aromatic rings. The minimum atomic E-state index is -0.322. The van der Waals surface area contributed by atoms with E-state index in [1.165, 1.54) is 25.6 Å². The molecule has 0 amide bonds. The second kappa shape index (κ2) is 10.8. The standard InChI is InChI=1S/C26H26N4O5/c1-30(15-17-7-5-4-6-8-17)21-14-22(31)20(12-23(21)32)29-26-18-11-24(34-3)25(35-10-9-33-2)13-19(18)27-16-28-26/h4-8,11-14,16H,9-10,15H2,1-3H3,(H,27,28,29). The van der Waals surface area contributed by atoms with Crippen LogP contribution in [0.3, 0.4) is 0 Å². The van der Waals surface area contributed by atoms with Gasteiger partial charge in [-0.25, -0.2) is 9.97 Å². The Bertz CT molecular complexity index is 1300. The molecule has 9 nitrogen and oxygen atoms in total. The number of likely N-dealkylation sites (N-methyl/N-ethyl adjacent to an activating group) is 1. The van der Waals surface area contributed by atoms with Crippen LogP contribution in [0.4, 0.5) is 5.82 Å². The monoisotopic (exact) mass is 474 g/mol. The van der Waals surface area contributed by atoms with Crippen LogP contribution in [0, 0.1) is 0 Å². The topological polar surface area (TPSA) is 103 Å². The Morgan fingerprint density at radius 2 is 1.74 bits per heavy atom. The zero-order valence-corrected chi connectivity index (χ0v) is 19.8. The van der Waals surface area contributed by atoms with Gasteiger partial charge in [-0.1, -0.05) is 30.3 Å². The molecule has 1 N–H and O–H groups in total. The average Bonchev–Trinajstić information content (AvgIpc) is 2.86. The molecule has 35 heavy (non-hydrogen) atoms. The van der Waals surface area contributed by atoms with Gasteiger partial charge in [-0.2, -0.15) is 0 Å². The largest absolute Gasteiger partial charge is 0.493 e. The first kappa shape index (κ1) is 23.9. The van der Waals surface area contributed by atoms with Gasteiger partial charge in [0.25, 0.3) is 0 Å². The summed E-state index contributed by atoms with van der Waals surface area (Å²) in [6, 6.07) is 13.2. The molecule has 1 heterocycles. The third-order valence-corrected chi connectivity index (χ3v) is 5.45. The summed E-state index contributed by atoms with van der Waals surface area (Å²) in [4.78, 5) is 36.1. The number of nitrogens with zero attached hydrogens (tertiary/aromatic N) is 3. The van der Waals surface area contributed by atoms with E-state index >= 15 is 0 Å². The maximum absolute atomic E-state index is 12.9. The van der Waals surface area contributed by atoms with Crippen molar-refractivity contribution in [3.63, 3.8) is 0 Å². The molecular formula is C26H26N4O5. The highest BCUT2D eigenvalue weighted by atomic mass is 16.5. The quantitative estimate of drug-likeness (QED) is 0.351. The molecule has 1 aromatic heterocycles. The molecule has 0 bridgehead atoms. The molecule has 4 rings (SSSR count). The van der Waals surface area contributed by atoms with E-state index in [1.807, 2.05) is 30.3 Å². The molecule has 0 atom stereocenters. The van der Waals surface area contributed by atoms with Gasteiger partial charge in [-0.05, 0) is 11.6 Å². The first-order valence-corrected chi connectivity index (χ1v) is 11.0. The summed E-state index contributed by atoms with van der Waals surface area (Å²) in [5, 5.41) is 3.61. The fourth-order valence-corrected chi connectivity index (χ4v) is 3.69. The van der Waals surface area contributed by atoms with Crippen LogP contribution >= 0.6 is 0 Å². The number of methoxy groups -OCH3 is 2. The predicted molar refractivity (Wildman–Crippen MR) is 131 cm³/mol. The van der Waals surface area contributed by atoms with Gasteiger partial charge < -0.3 is 24.4 Å². The number of hydrogen-bond acceptors (Lipinski definition) is 9. The van der Waals surface area contributed by atoms with Crippen molar-refractivity contribution < 1.29 is 23.8 Å². The number of ether oxygens (including phenoxy) is 3. The molecule has 0 saturated heterocycles. The number of hydrogen-bond donors (Lipinski definition) is 1. The van der Waals surface area contributed by atoms with Crippen molar-refractivity contribution >= 4 is 28.3 Å². The molecule has 0 aliphatic heterocycles. The number of aromatic nitrogens is 2. The predicted octanol–water partition coefficient (Wildman–Crippen LogP) is 3.13. The minimum Gasteiger partial charge on any atom is -0.493 e. The zero-order valence-electron chi connectivity index (χ0n) is 19.8. The van der Waals surface area contributed by atoms with Gasteiger partial charge in [0, 0.05) is 44.3 Å². The Labute approximate surface area is 203 Å². The Balaban J connectivity index is 1.55. The number of ketones is 2. The maximum atomic E-state index is 12.9. The summed E-state index contributed by atoms with van der Waals surface area (Å²) in [5.74, 6) is 0.779. The lowest BCUT2D eigenvalue weighted by Crippen LogP contribution is -2.28. The highest BCUT2D eigenvalue weighted by molar-refractivity contribution is 6.21. The van der Waals surface area contributed by atoms with Crippen molar-refractivity contribution in [2.24, 2.45) is 0 Å². The number of benzene rings is 2. The van der Waals surface area contributed by atoms with Crippen molar-refractivity contribution in [3.8, 4) is 11.5 Å². The molecule has 1 aliphatic carbocycles. The number of allylic oxidation sites excluding steroid dienone is 2. The number of nitrogens with one attached hydrogen (secondary N) is 1. The summed E-state index contributed by atoms with van der Waals surface area (Å²) in [6.07, 6.45) is 4.02. The first-order valence-electron chi connectivity index (χ1n) is 11.0. The summed E-state index contributed by atoms with van der Waals surface area (Å²) < 4.78 is 16.2. The van der Waals surface area contributed by atoms with Crippen LogP contribution < -0.4 is 14.8 Å². The van der Waals surface area contributed by atoms with E-state index in [0.29, 0.717) is 53.7 Å². The normalized spacial score (nSPS) is 13.3. The Hall–Kier alpha value is -4.24. The van der Waals surface area contributed by atoms with Crippen molar-refractivity contribution in [2.75, 3.05) is 39.8 Å². The third kappa shape index (κ3) is 5.47. The van der Waals surface area contributed by atoms with Gasteiger partial charge in [0.2, 0.25) is 11.6 Å². The Morgan fingerprint density at radius 3 is 2.49 bits per heavy atom. The molecule has 2 aromatic carbocycles. The second-order valence-corrected chi connectivity index (χ2v) is 7.87. The number of rotatable bonds is 10. The summed E-state index contributed by atoms with van der Waals surface area (Å²) in [7, 11) is 4.91. The number of carbonyl (C=O) groups excluding carboxylic acids is 2. The van der Waals surface area contributed by atoms with Gasteiger partial charge in [0.05, 0.1) is 30.6 Å². The van der Waals surface area contributed by atoms with Crippen molar-refractivity contribution in [3.05, 3.63) is 77.9 Å². The van der Waals surface area contributed by atoms with Gasteiger partial charge in [-0.3, -0.25) is 9.59 Å². The van der Waals surface area contributed by atoms with E-state index in [2.05, 4.69) is 15.3 Å². The van der Waals surface area contributed by atoms with Gasteiger partial charge in [-0.15, -0.1) is 0 Å². The smallest absolute Gasteiger partial charge is 0.204 e. The van der Waals surface area contributed by atoms with Crippen LogP contribution in [-0.2, 0) is 20.9 Å². The number of anilines is 1. The molecule has 9 heteroatoms. The van der Waals surface area contributed by atoms with Gasteiger partial charge in [0.1, 0.15) is 18.8 Å². The van der Waals surface area contributed by atoms with E-state index < -0.39 is 0 Å². The third-order valence-electron chi connectivity index (χ3n) is 5.45. The fraction of sp³-hybridized carbons (Fsp3) is 0.231. The fourth-order valence-electron chi connectivity index (χ4n) is 3.69. The molecule has 1 aliphatic rings. The van der Waals surface area contributed by atoms with Crippen LogP contribution in [0.15, 0.2) is 72.3 Å². The van der Waals surface area contributed by atoms with Crippen molar-refractivity contribution in [1.82, 2.24) is 14.9 Å². The van der Waals surface area contributed by atoms with Gasteiger partial charge >= 0.3 is 0 Å². The average molecular weight is 475 g/mol. The van der Waals surface area contributed by atoms with E-state index in [1.54, 1.807) is 31.2 Å². The van der Waals surface area contributed by atoms with E-state index in [4.69, 9.17) is 14.2 Å². The maximum Gasteiger partial charge on any atom is 0.204 e. The lowest BCUT2D eigenvalue weighted by molar-refractivity contribution is -0.116. The van der Waals surface area contributed by atoms with Gasteiger partial charge in [0.15, 0.2) is 11.5 Å². The lowest BCUT2D eigenvalue weighted by atomic mass is 10.0. The van der Waals surface area contributed by atoms with Crippen molar-refractivity contribution in [1.29, 1.82) is 0 Å². The van der Waals surface area contributed by atoms with Crippen LogP contribution in [0.5, 0.6) is 11.5 Å². The lowest BCUT2D eigenvalue weighted by Gasteiger charge is -2.23. The van der Waals surface area contributed by atoms with Crippen LogP contribution in [0.1, 0.15) is 5.56 Å². The van der Waals surface area contributed by atoms with E-state index in [0.717, 1.165) is 5.56 Å².